The number of likely N-dealkylation sites (N-methyl/N-ethyl adjacent to an activating group) is 1. The van der Waals surface area contributed by atoms with Gasteiger partial charge in [0, 0.05) is 31.1 Å². The van der Waals surface area contributed by atoms with Gasteiger partial charge in [-0.15, -0.1) is 0 Å². The number of hydrogen-bond donors (Lipinski definition) is 1. The summed E-state index contributed by atoms with van der Waals surface area (Å²) in [4.78, 5) is 12.6. The maximum atomic E-state index is 10.4. The van der Waals surface area contributed by atoms with Gasteiger partial charge in [-0.3, -0.25) is 9.10 Å². The van der Waals surface area contributed by atoms with Gasteiger partial charge in [0.05, 0.1) is 18.0 Å². The third-order valence-electron chi connectivity index (χ3n) is 5.75. The molecule has 6 nitrogen and oxygen atoms in total. The first-order chi connectivity index (χ1) is 14.0. The van der Waals surface area contributed by atoms with Gasteiger partial charge in [-0.1, -0.05) is 17.7 Å². The number of carbonyl (C=O) groups is 1. The Morgan fingerprint density at radius 2 is 2.21 bits per heavy atom. The lowest BCUT2D eigenvalue weighted by molar-refractivity contribution is -0.114. The zero-order valence-electron chi connectivity index (χ0n) is 16.5. The fourth-order valence-corrected chi connectivity index (χ4v) is 5.00. The van der Waals surface area contributed by atoms with E-state index in [-0.39, 0.29) is 5.41 Å². The molecule has 0 aromatic heterocycles. The van der Waals surface area contributed by atoms with Gasteiger partial charge in [-0.05, 0) is 60.7 Å². The number of carbonyl (C=O) groups excluding carboxylic acids is 1. The Kier molecular flexibility index (Phi) is 5.81. The highest BCUT2D eigenvalue weighted by molar-refractivity contribution is 7.96. The highest BCUT2D eigenvalue weighted by Gasteiger charge is 2.40. The van der Waals surface area contributed by atoms with Gasteiger partial charge in [0.2, 0.25) is 6.41 Å². The Morgan fingerprint density at radius 3 is 3.03 bits per heavy atom. The molecular formula is C21H24ClN3O3S. The second-order valence-corrected chi connectivity index (χ2v) is 8.92. The van der Waals surface area contributed by atoms with E-state index in [4.69, 9.17) is 20.6 Å². The van der Waals surface area contributed by atoms with Crippen LogP contribution in [0.15, 0.2) is 36.4 Å². The van der Waals surface area contributed by atoms with Crippen molar-refractivity contribution in [2.75, 3.05) is 36.5 Å². The van der Waals surface area contributed by atoms with Gasteiger partial charge in [-0.25, -0.2) is 5.48 Å². The van der Waals surface area contributed by atoms with Crippen LogP contribution in [0.5, 0.6) is 5.75 Å². The Balaban J connectivity index is 1.61. The molecule has 0 fully saturated rings. The van der Waals surface area contributed by atoms with E-state index in [0.29, 0.717) is 13.0 Å². The number of hydrogen-bond acceptors (Lipinski definition) is 6. The van der Waals surface area contributed by atoms with Gasteiger partial charge in [0.15, 0.2) is 0 Å². The number of anilines is 2. The van der Waals surface area contributed by atoms with E-state index >= 15 is 0 Å². The maximum absolute atomic E-state index is 10.4. The minimum atomic E-state index is -0.0518. The summed E-state index contributed by atoms with van der Waals surface area (Å²) in [5.74, 6) is 0.875. The van der Waals surface area contributed by atoms with Gasteiger partial charge < -0.3 is 9.64 Å². The molecule has 2 aromatic carbocycles. The lowest BCUT2D eigenvalue weighted by Crippen LogP contribution is -2.44. The molecule has 0 radical (unpaired) electrons. The number of amides is 1. The summed E-state index contributed by atoms with van der Waals surface area (Å²) in [7, 11) is 3.99. The Hall–Kier alpha value is -2.09. The Morgan fingerprint density at radius 1 is 1.34 bits per heavy atom. The van der Waals surface area contributed by atoms with Crippen LogP contribution < -0.4 is 19.4 Å². The molecule has 154 valence electrons. The van der Waals surface area contributed by atoms with Crippen LogP contribution in [0.2, 0.25) is 5.02 Å². The highest BCUT2D eigenvalue weighted by Crippen LogP contribution is 2.44. The number of aryl methyl sites for hydroxylation is 1. The summed E-state index contributed by atoms with van der Waals surface area (Å²) >= 11 is 7.29. The van der Waals surface area contributed by atoms with Crippen LogP contribution in [-0.4, -0.2) is 33.7 Å². The van der Waals surface area contributed by atoms with Crippen molar-refractivity contribution in [3.63, 3.8) is 0 Å². The van der Waals surface area contributed by atoms with E-state index in [1.54, 1.807) is 0 Å². The fourth-order valence-electron chi connectivity index (χ4n) is 4.42. The molecule has 1 heterocycles. The quantitative estimate of drug-likeness (QED) is 0.252. The smallest absolute Gasteiger partial charge is 0.231 e. The minimum absolute atomic E-state index is 0.0518. The number of rotatable bonds is 5. The van der Waals surface area contributed by atoms with Crippen molar-refractivity contribution in [1.82, 2.24) is 5.48 Å². The molecule has 0 saturated carbocycles. The zero-order chi connectivity index (χ0) is 20.4. The van der Waals surface area contributed by atoms with Crippen molar-refractivity contribution in [3.05, 3.63) is 52.5 Å². The second kappa shape index (κ2) is 8.34. The number of nitrogens with zero attached hydrogens (tertiary/aromatic N) is 2. The molecule has 0 bridgehead atoms. The second-order valence-electron chi connectivity index (χ2n) is 7.62. The van der Waals surface area contributed by atoms with Crippen molar-refractivity contribution in [3.8, 4) is 5.75 Å². The van der Waals surface area contributed by atoms with E-state index in [0.717, 1.165) is 60.2 Å². The van der Waals surface area contributed by atoms with Crippen molar-refractivity contribution in [1.29, 1.82) is 0 Å². The summed E-state index contributed by atoms with van der Waals surface area (Å²) in [5, 5.41) is 0.795. The van der Waals surface area contributed by atoms with E-state index in [2.05, 4.69) is 35.6 Å². The first-order valence-corrected chi connectivity index (χ1v) is 10.6. The normalized spacial score (nSPS) is 20.3. The molecule has 2 aromatic rings. The average molecular weight is 434 g/mol. The molecule has 29 heavy (non-hydrogen) atoms. The van der Waals surface area contributed by atoms with Crippen LogP contribution in [0.3, 0.4) is 0 Å². The van der Waals surface area contributed by atoms with Crippen LogP contribution in [0.4, 0.5) is 11.4 Å². The van der Waals surface area contributed by atoms with Crippen molar-refractivity contribution >= 4 is 41.6 Å². The Labute approximate surface area is 180 Å². The van der Waals surface area contributed by atoms with Crippen LogP contribution in [0.1, 0.15) is 24.0 Å². The summed E-state index contributed by atoms with van der Waals surface area (Å²) in [6, 6.07) is 12.3. The van der Waals surface area contributed by atoms with Crippen LogP contribution in [-0.2, 0) is 20.9 Å². The summed E-state index contributed by atoms with van der Waals surface area (Å²) in [5.41, 5.74) is 6.80. The molecule has 4 rings (SSSR count). The van der Waals surface area contributed by atoms with Gasteiger partial charge >= 0.3 is 0 Å². The lowest BCUT2D eigenvalue weighted by Gasteiger charge is -2.39. The predicted molar refractivity (Wildman–Crippen MR) is 118 cm³/mol. The molecule has 1 atom stereocenters. The number of ether oxygens (including phenoxy) is 1. The molecule has 1 aliphatic carbocycles. The fraction of sp³-hybridized carbons (Fsp3) is 0.381. The highest BCUT2D eigenvalue weighted by atomic mass is 35.5. The Bertz CT molecular complexity index is 913. The van der Waals surface area contributed by atoms with Crippen LogP contribution in [0, 0.1) is 0 Å². The standard InChI is InChI=1S/C21H24ClN3O3S/c1-24-12-21(9-3-4-15-10-16(22)5-7-18(15)21)13-27-20-8-6-17(11-19(20)24)25(2)29-28-23-14-26/h5-8,10-11,14H,3-4,9,12-13H2,1-2H3,(H,23,26)/t21-/m0/s1. The maximum Gasteiger partial charge on any atom is 0.231 e. The molecule has 1 N–H and O–H groups in total. The molecule has 0 saturated heterocycles. The monoisotopic (exact) mass is 433 g/mol. The molecule has 1 amide bonds. The molecule has 8 heteroatoms. The molecule has 1 aliphatic heterocycles. The number of fused-ring (bicyclic) bond motifs is 3. The van der Waals surface area contributed by atoms with Crippen LogP contribution in [0.25, 0.3) is 0 Å². The summed E-state index contributed by atoms with van der Waals surface area (Å²) in [6.45, 7) is 1.52. The first-order valence-electron chi connectivity index (χ1n) is 9.56. The molecule has 1 spiro atoms. The van der Waals surface area contributed by atoms with Gasteiger partial charge in [0.25, 0.3) is 0 Å². The topological polar surface area (TPSA) is 54.0 Å². The van der Waals surface area contributed by atoms with Crippen molar-refractivity contribution < 1.29 is 13.8 Å². The first kappa shape index (κ1) is 20.2. The van der Waals surface area contributed by atoms with Crippen molar-refractivity contribution in [2.45, 2.75) is 24.7 Å². The molecular weight excluding hydrogens is 410 g/mol. The van der Waals surface area contributed by atoms with Gasteiger partial charge in [-0.2, -0.15) is 4.28 Å². The van der Waals surface area contributed by atoms with E-state index in [9.17, 15) is 4.79 Å². The predicted octanol–water partition coefficient (Wildman–Crippen LogP) is 4.12. The summed E-state index contributed by atoms with van der Waals surface area (Å²) < 4.78 is 13.2. The van der Waals surface area contributed by atoms with Crippen LogP contribution >= 0.6 is 23.8 Å². The zero-order valence-corrected chi connectivity index (χ0v) is 18.1. The van der Waals surface area contributed by atoms with E-state index < -0.39 is 0 Å². The lowest BCUT2D eigenvalue weighted by atomic mass is 9.70. The third kappa shape index (κ3) is 3.99. The summed E-state index contributed by atoms with van der Waals surface area (Å²) in [6.07, 6.45) is 3.78. The molecule has 2 aliphatic rings. The third-order valence-corrected chi connectivity index (χ3v) is 6.59. The van der Waals surface area contributed by atoms with Crippen molar-refractivity contribution in [2.24, 2.45) is 0 Å². The number of hydroxylamine groups is 1. The molecule has 0 unspecified atom stereocenters. The SMILES string of the molecule is CN1C[C@@]2(CCCc3cc(Cl)ccc32)COc2ccc(N(C)SONC=O)cc21. The van der Waals surface area contributed by atoms with E-state index in [1.807, 2.05) is 29.6 Å². The van der Waals surface area contributed by atoms with E-state index in [1.165, 1.54) is 11.1 Å². The average Bonchev–Trinajstić information content (AvgIpc) is 2.85. The van der Waals surface area contributed by atoms with Gasteiger partial charge in [0.1, 0.15) is 18.0 Å². The number of benzene rings is 2. The number of halogens is 1. The minimum Gasteiger partial charge on any atom is -0.490 e. The largest absolute Gasteiger partial charge is 0.490 e. The number of nitrogens with one attached hydrogen (secondary N) is 1.